The van der Waals surface area contributed by atoms with E-state index in [4.69, 9.17) is 4.74 Å². The van der Waals surface area contributed by atoms with Gasteiger partial charge in [-0.25, -0.2) is 0 Å². The highest BCUT2D eigenvalue weighted by molar-refractivity contribution is 5.82. The maximum absolute atomic E-state index is 11.8. The van der Waals surface area contributed by atoms with Crippen molar-refractivity contribution >= 4 is 5.91 Å². The number of hydrogen-bond donors (Lipinski definition) is 2. The molecule has 1 aliphatic heterocycles. The van der Waals surface area contributed by atoms with Gasteiger partial charge in [0.05, 0.1) is 19.6 Å². The molecule has 0 radical (unpaired) electrons. The van der Waals surface area contributed by atoms with Crippen LogP contribution in [0.1, 0.15) is 31.2 Å². The van der Waals surface area contributed by atoms with Crippen LogP contribution in [0.5, 0.6) is 5.75 Å². The summed E-state index contributed by atoms with van der Waals surface area (Å²) in [5.41, 5.74) is 3.78. The Hall–Kier alpha value is -1.81. The summed E-state index contributed by atoms with van der Waals surface area (Å²) < 4.78 is 5.19. The summed E-state index contributed by atoms with van der Waals surface area (Å²) in [4.78, 5) is 11.8. The van der Waals surface area contributed by atoms with Crippen molar-refractivity contribution in [3.05, 3.63) is 41.1 Å². The van der Waals surface area contributed by atoms with Gasteiger partial charge in [-0.2, -0.15) is 0 Å². The summed E-state index contributed by atoms with van der Waals surface area (Å²) in [6.07, 6.45) is 4.85. The quantitative estimate of drug-likeness (QED) is 0.898. The lowest BCUT2D eigenvalue weighted by molar-refractivity contribution is -0.126. The number of aliphatic hydroxyl groups is 1. The predicted molar refractivity (Wildman–Crippen MR) is 84.4 cm³/mol. The number of hydrogen-bond acceptors (Lipinski definition) is 3. The zero-order valence-electron chi connectivity index (χ0n) is 13.0. The number of methoxy groups -OCH3 is 1. The first-order valence-corrected chi connectivity index (χ1v) is 7.95. The number of allylic oxidation sites excluding steroid dienone is 2. The predicted octanol–water partition coefficient (Wildman–Crippen LogP) is 2.42. The highest BCUT2D eigenvalue weighted by atomic mass is 16.5. The number of amides is 1. The molecule has 0 saturated carbocycles. The van der Waals surface area contributed by atoms with Crippen molar-refractivity contribution in [2.75, 3.05) is 13.7 Å². The minimum absolute atomic E-state index is 0.0187. The van der Waals surface area contributed by atoms with Gasteiger partial charge in [-0.15, -0.1) is 0 Å². The zero-order valence-corrected chi connectivity index (χ0v) is 13.0. The minimum atomic E-state index is -0.265. The molecule has 2 unspecified atom stereocenters. The van der Waals surface area contributed by atoms with Crippen molar-refractivity contribution in [3.8, 4) is 5.75 Å². The molecule has 4 nitrogen and oxygen atoms in total. The summed E-state index contributed by atoms with van der Waals surface area (Å²) >= 11 is 0. The third kappa shape index (κ3) is 3.17. The van der Waals surface area contributed by atoms with Crippen molar-refractivity contribution in [1.29, 1.82) is 0 Å². The average molecular weight is 301 g/mol. The average Bonchev–Trinajstić information content (AvgIpc) is 2.55. The molecule has 2 N–H and O–H groups in total. The molecule has 1 amide bonds. The van der Waals surface area contributed by atoms with Crippen LogP contribution in [0, 0.1) is 11.8 Å². The van der Waals surface area contributed by atoms with Crippen molar-refractivity contribution in [2.45, 2.75) is 32.1 Å². The van der Waals surface area contributed by atoms with Crippen LogP contribution in [0.15, 0.2) is 35.5 Å². The van der Waals surface area contributed by atoms with Crippen molar-refractivity contribution in [3.63, 3.8) is 0 Å². The van der Waals surface area contributed by atoms with Gasteiger partial charge in [0, 0.05) is 5.70 Å². The lowest BCUT2D eigenvalue weighted by atomic mass is 9.78. The summed E-state index contributed by atoms with van der Waals surface area (Å²) in [6.45, 7) is -0.0637. The van der Waals surface area contributed by atoms with Gasteiger partial charge in [-0.3, -0.25) is 4.79 Å². The van der Waals surface area contributed by atoms with Gasteiger partial charge in [0.15, 0.2) is 0 Å². The molecule has 2 aliphatic rings. The summed E-state index contributed by atoms with van der Waals surface area (Å²) in [7, 11) is 1.68. The molecular weight excluding hydrogens is 278 g/mol. The Labute approximate surface area is 131 Å². The number of nitrogens with one attached hydrogen (secondary N) is 1. The maximum atomic E-state index is 11.8. The topological polar surface area (TPSA) is 58.6 Å². The molecule has 118 valence electrons. The van der Waals surface area contributed by atoms with E-state index < -0.39 is 0 Å². The van der Waals surface area contributed by atoms with E-state index in [0.29, 0.717) is 5.92 Å². The SMILES string of the molecule is COc1ccc(CC2CCC3=C(C2)CC(CO)C(=O)N3)cc1. The Bertz CT molecular complexity index is 576. The summed E-state index contributed by atoms with van der Waals surface area (Å²) in [5, 5.41) is 12.3. The highest BCUT2D eigenvalue weighted by Crippen LogP contribution is 2.36. The summed E-state index contributed by atoms with van der Waals surface area (Å²) in [6, 6.07) is 8.26. The van der Waals surface area contributed by atoms with Gasteiger partial charge in [-0.1, -0.05) is 12.1 Å². The molecule has 1 aromatic rings. The van der Waals surface area contributed by atoms with Crippen LogP contribution in [-0.4, -0.2) is 24.7 Å². The van der Waals surface area contributed by atoms with Crippen LogP contribution >= 0.6 is 0 Å². The van der Waals surface area contributed by atoms with Crippen molar-refractivity contribution < 1.29 is 14.6 Å². The fourth-order valence-electron chi connectivity index (χ4n) is 3.51. The molecule has 2 atom stereocenters. The molecule has 22 heavy (non-hydrogen) atoms. The first-order valence-electron chi connectivity index (χ1n) is 7.95. The van der Waals surface area contributed by atoms with Crippen molar-refractivity contribution in [1.82, 2.24) is 5.32 Å². The minimum Gasteiger partial charge on any atom is -0.497 e. The molecule has 1 aliphatic carbocycles. The van der Waals surface area contributed by atoms with E-state index in [1.54, 1.807) is 7.11 Å². The maximum Gasteiger partial charge on any atom is 0.229 e. The second kappa shape index (κ2) is 6.53. The number of benzene rings is 1. The van der Waals surface area contributed by atoms with E-state index in [1.165, 1.54) is 11.1 Å². The molecular formula is C18H23NO3. The van der Waals surface area contributed by atoms with Crippen LogP contribution in [0.4, 0.5) is 0 Å². The van der Waals surface area contributed by atoms with Crippen LogP contribution in [-0.2, 0) is 11.2 Å². The summed E-state index contributed by atoms with van der Waals surface area (Å²) in [5.74, 6) is 1.22. The Balaban J connectivity index is 1.65. The Morgan fingerprint density at radius 1 is 1.27 bits per heavy atom. The lowest BCUT2D eigenvalue weighted by Gasteiger charge is -2.33. The van der Waals surface area contributed by atoms with Crippen molar-refractivity contribution in [2.24, 2.45) is 11.8 Å². The van der Waals surface area contributed by atoms with E-state index >= 15 is 0 Å². The van der Waals surface area contributed by atoms with Crippen LogP contribution in [0.25, 0.3) is 0 Å². The molecule has 0 bridgehead atoms. The first-order chi connectivity index (χ1) is 10.7. The Morgan fingerprint density at radius 2 is 2.05 bits per heavy atom. The lowest BCUT2D eigenvalue weighted by Crippen LogP contribution is -2.39. The monoisotopic (exact) mass is 301 g/mol. The van der Waals surface area contributed by atoms with Gasteiger partial charge in [0.25, 0.3) is 0 Å². The Kier molecular flexibility index (Phi) is 4.48. The molecule has 0 spiro atoms. The van der Waals surface area contributed by atoms with Crippen LogP contribution in [0.2, 0.25) is 0 Å². The van der Waals surface area contributed by atoms with Crippen LogP contribution in [0.3, 0.4) is 0 Å². The molecule has 3 rings (SSSR count). The molecule has 4 heteroatoms. The number of aliphatic hydroxyl groups excluding tert-OH is 1. The number of carbonyl (C=O) groups is 1. The van der Waals surface area contributed by atoms with E-state index in [2.05, 4.69) is 17.4 Å². The largest absolute Gasteiger partial charge is 0.497 e. The first kappa shape index (κ1) is 15.1. The van der Waals surface area contributed by atoms with Gasteiger partial charge in [0.2, 0.25) is 5.91 Å². The normalized spacial score (nSPS) is 24.7. The number of rotatable bonds is 4. The Morgan fingerprint density at radius 3 is 2.73 bits per heavy atom. The number of carbonyl (C=O) groups excluding carboxylic acids is 1. The molecule has 0 aromatic heterocycles. The molecule has 0 fully saturated rings. The van der Waals surface area contributed by atoms with Gasteiger partial charge in [0.1, 0.15) is 5.75 Å². The smallest absolute Gasteiger partial charge is 0.229 e. The number of ether oxygens (including phenoxy) is 1. The van der Waals surface area contributed by atoms with Gasteiger partial charge >= 0.3 is 0 Å². The molecule has 1 heterocycles. The van der Waals surface area contributed by atoms with Gasteiger partial charge < -0.3 is 15.2 Å². The third-order valence-corrected chi connectivity index (χ3v) is 4.81. The van der Waals surface area contributed by atoms with E-state index in [9.17, 15) is 9.90 Å². The second-order valence-electron chi connectivity index (χ2n) is 6.32. The molecule has 1 aromatic carbocycles. The second-order valence-corrected chi connectivity index (χ2v) is 6.32. The van der Waals surface area contributed by atoms with E-state index in [-0.39, 0.29) is 18.4 Å². The van der Waals surface area contributed by atoms with E-state index in [1.807, 2.05) is 12.1 Å². The highest BCUT2D eigenvalue weighted by Gasteiger charge is 2.31. The molecule has 0 saturated heterocycles. The zero-order chi connectivity index (χ0) is 15.5. The van der Waals surface area contributed by atoms with Gasteiger partial charge in [-0.05, 0) is 61.3 Å². The fraction of sp³-hybridized carbons (Fsp3) is 0.500. The standard InChI is InChI=1S/C18H23NO3/c1-22-16-5-2-12(3-6-16)8-13-4-7-17-14(9-13)10-15(11-20)18(21)19-17/h2-3,5-6,13,15,20H,4,7-11H2,1H3,(H,19,21). The van der Waals surface area contributed by atoms with Crippen LogP contribution < -0.4 is 10.1 Å². The van der Waals surface area contributed by atoms with E-state index in [0.717, 1.165) is 43.6 Å². The third-order valence-electron chi connectivity index (χ3n) is 4.81. The fourth-order valence-corrected chi connectivity index (χ4v) is 3.51.